The summed E-state index contributed by atoms with van der Waals surface area (Å²) in [5.74, 6) is 1.85. The third-order valence-corrected chi connectivity index (χ3v) is 16.5. The van der Waals surface area contributed by atoms with Crippen LogP contribution in [-0.4, -0.2) is 0 Å². The van der Waals surface area contributed by atoms with Gasteiger partial charge in [-0.25, -0.2) is 0 Å². The van der Waals surface area contributed by atoms with Crippen molar-refractivity contribution in [3.63, 3.8) is 0 Å². The van der Waals surface area contributed by atoms with E-state index in [1.807, 2.05) is 11.3 Å². The van der Waals surface area contributed by atoms with Gasteiger partial charge in [-0.15, -0.1) is 11.3 Å². The molecule has 13 aromatic rings. The molecule has 0 amide bonds. The standard InChI is InChI=1S/C69H43NOS/c1-2-13-44(14-3-1)45-25-34-51(35-26-45)70(52-36-27-46(28-37-52)50-33-42-65-59(43-50)57-19-9-11-24-64(57)72-65)53-38-29-49(30-39-53)54-21-12-23-61-66(54)58-20-8-10-22-60(58)69(61)62-40-31-47-15-4-6-17-55(47)67(62)71-68-56-18-7-5-16-48(56)32-41-63(68)69/h1-43H. The number of rotatable bonds is 6. The number of nitrogens with zero attached hydrogens (tertiary/aromatic N) is 1. The first-order chi connectivity index (χ1) is 35.7. The minimum atomic E-state index is -0.614. The molecule has 0 N–H and O–H groups in total. The maximum absolute atomic E-state index is 7.22. The number of ether oxygens (including phenoxy) is 1. The summed E-state index contributed by atoms with van der Waals surface area (Å²) in [5.41, 5.74) is 17.2. The van der Waals surface area contributed by atoms with Crippen LogP contribution in [-0.2, 0) is 5.41 Å². The van der Waals surface area contributed by atoms with Crippen LogP contribution in [0.2, 0.25) is 0 Å². The monoisotopic (exact) mass is 933 g/mol. The van der Waals surface area contributed by atoms with Gasteiger partial charge in [-0.05, 0) is 121 Å². The van der Waals surface area contributed by atoms with Gasteiger partial charge in [0.2, 0.25) is 0 Å². The van der Waals surface area contributed by atoms with Crippen LogP contribution in [0, 0.1) is 0 Å². The lowest BCUT2D eigenvalue weighted by molar-refractivity contribution is 0.447. The highest BCUT2D eigenvalue weighted by atomic mass is 32.1. The Morgan fingerprint density at radius 3 is 1.46 bits per heavy atom. The fourth-order valence-electron chi connectivity index (χ4n) is 12.1. The molecule has 72 heavy (non-hydrogen) atoms. The van der Waals surface area contributed by atoms with Crippen molar-refractivity contribution < 1.29 is 4.74 Å². The fraction of sp³-hybridized carbons (Fsp3) is 0.0145. The molecule has 1 spiro atoms. The molecule has 0 fully saturated rings. The zero-order valence-corrected chi connectivity index (χ0v) is 39.9. The average molecular weight is 934 g/mol. The molecule has 0 unspecified atom stereocenters. The SMILES string of the molecule is c1ccc(-c2ccc(N(c3ccc(-c4ccc5sc6ccccc6c5c4)cc3)c3ccc(-c4cccc5c4-c4ccccc4C54c5ccc6ccccc6c5Oc5c4ccc4ccccc54)cc3)cc2)cc1. The molecular formula is C69H43NOS. The van der Waals surface area contributed by atoms with E-state index in [9.17, 15) is 0 Å². The van der Waals surface area contributed by atoms with Gasteiger partial charge in [0.1, 0.15) is 11.5 Å². The van der Waals surface area contributed by atoms with Crippen LogP contribution in [0.25, 0.3) is 86.2 Å². The Morgan fingerprint density at radius 2 is 0.792 bits per heavy atom. The van der Waals surface area contributed by atoms with Crippen molar-refractivity contribution in [2.75, 3.05) is 4.90 Å². The molecule has 0 radical (unpaired) electrons. The molecule has 1 aromatic heterocycles. The van der Waals surface area contributed by atoms with Crippen molar-refractivity contribution >= 4 is 70.1 Å². The number of benzene rings is 12. The van der Waals surface area contributed by atoms with E-state index >= 15 is 0 Å². The number of hydrogen-bond acceptors (Lipinski definition) is 3. The first-order valence-electron chi connectivity index (χ1n) is 24.7. The molecule has 2 aliphatic rings. The van der Waals surface area contributed by atoms with E-state index < -0.39 is 5.41 Å². The van der Waals surface area contributed by atoms with Crippen LogP contribution >= 0.6 is 11.3 Å². The summed E-state index contributed by atoms with van der Waals surface area (Å²) in [6.45, 7) is 0. The van der Waals surface area contributed by atoms with E-state index in [1.165, 1.54) is 81.4 Å². The lowest BCUT2D eigenvalue weighted by Crippen LogP contribution is -2.32. The Balaban J connectivity index is 0.870. The quantitative estimate of drug-likeness (QED) is 0.165. The second kappa shape index (κ2) is 16.0. The van der Waals surface area contributed by atoms with Gasteiger partial charge in [0.25, 0.3) is 0 Å². The summed E-state index contributed by atoms with van der Waals surface area (Å²) < 4.78 is 9.86. The Labute approximate surface area is 421 Å². The van der Waals surface area contributed by atoms with Gasteiger partial charge in [0, 0.05) is 59.1 Å². The van der Waals surface area contributed by atoms with Crippen LogP contribution in [0.15, 0.2) is 261 Å². The molecule has 336 valence electrons. The van der Waals surface area contributed by atoms with E-state index in [-0.39, 0.29) is 0 Å². The minimum absolute atomic E-state index is 0.614. The summed E-state index contributed by atoms with van der Waals surface area (Å²) in [7, 11) is 0. The second-order valence-electron chi connectivity index (χ2n) is 19.1. The Hall–Kier alpha value is -9.02. The van der Waals surface area contributed by atoms with Crippen LogP contribution in [0.4, 0.5) is 17.1 Å². The molecule has 15 rings (SSSR count). The summed E-state index contributed by atoms with van der Waals surface area (Å²) in [6.07, 6.45) is 0. The van der Waals surface area contributed by atoms with E-state index in [0.29, 0.717) is 0 Å². The Morgan fingerprint density at radius 1 is 0.306 bits per heavy atom. The molecule has 0 bridgehead atoms. The van der Waals surface area contributed by atoms with Gasteiger partial charge in [0.05, 0.1) is 5.41 Å². The van der Waals surface area contributed by atoms with Gasteiger partial charge >= 0.3 is 0 Å². The largest absolute Gasteiger partial charge is 0.455 e. The van der Waals surface area contributed by atoms with Crippen molar-refractivity contribution in [1.29, 1.82) is 0 Å². The third-order valence-electron chi connectivity index (χ3n) is 15.3. The van der Waals surface area contributed by atoms with Gasteiger partial charge in [0.15, 0.2) is 0 Å². The van der Waals surface area contributed by atoms with E-state index in [1.54, 1.807) is 0 Å². The molecule has 1 aliphatic carbocycles. The van der Waals surface area contributed by atoms with Crippen LogP contribution in [0.1, 0.15) is 22.3 Å². The number of fused-ring (bicyclic) bond motifs is 16. The highest BCUT2D eigenvalue weighted by Gasteiger charge is 2.52. The maximum atomic E-state index is 7.22. The maximum Gasteiger partial charge on any atom is 0.140 e. The average Bonchev–Trinajstić information content (AvgIpc) is 3.97. The number of hydrogen-bond donors (Lipinski definition) is 0. The van der Waals surface area contributed by atoms with Gasteiger partial charge in [-0.3, -0.25) is 0 Å². The third kappa shape index (κ3) is 6.08. The van der Waals surface area contributed by atoms with Crippen molar-refractivity contribution in [2.24, 2.45) is 0 Å². The second-order valence-corrected chi connectivity index (χ2v) is 20.2. The highest BCUT2D eigenvalue weighted by molar-refractivity contribution is 7.25. The molecule has 0 saturated carbocycles. The van der Waals surface area contributed by atoms with E-state index in [4.69, 9.17) is 4.74 Å². The van der Waals surface area contributed by atoms with Gasteiger partial charge < -0.3 is 9.64 Å². The normalized spacial score (nSPS) is 12.9. The van der Waals surface area contributed by atoms with E-state index in [0.717, 1.165) is 55.7 Å². The van der Waals surface area contributed by atoms with Crippen LogP contribution in [0.3, 0.4) is 0 Å². The topological polar surface area (TPSA) is 12.5 Å². The fourth-order valence-corrected chi connectivity index (χ4v) is 13.2. The Kier molecular flexibility index (Phi) is 9.08. The van der Waals surface area contributed by atoms with Gasteiger partial charge in [-0.1, -0.05) is 206 Å². The summed E-state index contributed by atoms with van der Waals surface area (Å²) >= 11 is 1.86. The predicted molar refractivity (Wildman–Crippen MR) is 303 cm³/mol. The summed E-state index contributed by atoms with van der Waals surface area (Å²) in [5, 5.41) is 7.19. The zero-order chi connectivity index (χ0) is 47.3. The minimum Gasteiger partial charge on any atom is -0.455 e. The lowest BCUT2D eigenvalue weighted by Gasteiger charge is -2.40. The summed E-state index contributed by atoms with van der Waals surface area (Å²) in [6, 6.07) is 95.9. The molecule has 1 aliphatic heterocycles. The van der Waals surface area contributed by atoms with E-state index in [2.05, 4.69) is 266 Å². The Bertz CT molecular complexity index is 4200. The lowest BCUT2D eigenvalue weighted by atomic mass is 9.65. The summed E-state index contributed by atoms with van der Waals surface area (Å²) in [4.78, 5) is 2.38. The van der Waals surface area contributed by atoms with Crippen molar-refractivity contribution in [2.45, 2.75) is 5.41 Å². The predicted octanol–water partition coefficient (Wildman–Crippen LogP) is 19.3. The van der Waals surface area contributed by atoms with Gasteiger partial charge in [-0.2, -0.15) is 0 Å². The molecule has 2 heterocycles. The molecule has 0 atom stereocenters. The van der Waals surface area contributed by atoms with Crippen molar-refractivity contribution in [1.82, 2.24) is 0 Å². The number of anilines is 3. The number of thiophene rings is 1. The first kappa shape index (κ1) is 40.8. The smallest absolute Gasteiger partial charge is 0.140 e. The first-order valence-corrected chi connectivity index (χ1v) is 25.5. The molecule has 3 heteroatoms. The zero-order valence-electron chi connectivity index (χ0n) is 39.1. The molecular weight excluding hydrogens is 891 g/mol. The van der Waals surface area contributed by atoms with Crippen molar-refractivity contribution in [3.8, 4) is 56.0 Å². The molecule has 0 saturated heterocycles. The molecule has 2 nitrogen and oxygen atoms in total. The van der Waals surface area contributed by atoms with Crippen molar-refractivity contribution in [3.05, 3.63) is 283 Å². The van der Waals surface area contributed by atoms with Crippen LogP contribution < -0.4 is 9.64 Å². The van der Waals surface area contributed by atoms with Crippen LogP contribution in [0.5, 0.6) is 11.5 Å². The highest BCUT2D eigenvalue weighted by Crippen LogP contribution is 2.65. The molecule has 12 aromatic carbocycles.